The molecular weight excluding hydrogens is 263 g/mol. The molecule has 1 aliphatic rings. The lowest BCUT2D eigenvalue weighted by molar-refractivity contribution is -0.119. The van der Waals surface area contributed by atoms with Crippen molar-refractivity contribution >= 4 is 34.8 Å². The van der Waals surface area contributed by atoms with Gasteiger partial charge in [0.1, 0.15) is 0 Å². The molecule has 1 amide bonds. The van der Waals surface area contributed by atoms with Crippen molar-refractivity contribution in [3.05, 3.63) is 16.4 Å². The highest BCUT2D eigenvalue weighted by molar-refractivity contribution is 6.33. The van der Waals surface area contributed by atoms with Crippen LogP contribution in [0.25, 0.3) is 0 Å². The number of halogens is 2. The zero-order valence-corrected chi connectivity index (χ0v) is 10.8. The molecule has 1 aromatic rings. The van der Waals surface area contributed by atoms with Crippen LogP contribution in [0.4, 0.5) is 5.69 Å². The minimum atomic E-state index is -0.0287. The summed E-state index contributed by atoms with van der Waals surface area (Å²) in [4.78, 5) is 13.3. The maximum absolute atomic E-state index is 11.6. The van der Waals surface area contributed by atoms with Gasteiger partial charge < -0.3 is 10.2 Å². The Bertz CT molecular complexity index is 436. The molecule has 17 heavy (non-hydrogen) atoms. The number of hydrogen-bond donors (Lipinski definition) is 1. The van der Waals surface area contributed by atoms with Crippen LogP contribution in [0, 0.1) is 0 Å². The van der Waals surface area contributed by atoms with Crippen LogP contribution in [-0.4, -0.2) is 35.7 Å². The summed E-state index contributed by atoms with van der Waals surface area (Å²) < 4.78 is 0. The number of carbonyl (C=O) groups is 1. The fourth-order valence-electron chi connectivity index (χ4n) is 1.41. The van der Waals surface area contributed by atoms with Crippen molar-refractivity contribution < 1.29 is 4.79 Å². The van der Waals surface area contributed by atoms with Gasteiger partial charge in [-0.3, -0.25) is 4.79 Å². The summed E-state index contributed by atoms with van der Waals surface area (Å²) in [5.41, 5.74) is 0.595. The molecular formula is C10H12Cl2N4O. The topological polar surface area (TPSA) is 58.1 Å². The summed E-state index contributed by atoms with van der Waals surface area (Å²) in [5.74, 6) is -0.0287. The Kier molecular flexibility index (Phi) is 3.69. The van der Waals surface area contributed by atoms with E-state index in [0.717, 1.165) is 12.8 Å². The number of carbonyl (C=O) groups excluding carboxylic acids is 1. The highest BCUT2D eigenvalue weighted by Gasteiger charge is 2.24. The molecule has 7 heteroatoms. The van der Waals surface area contributed by atoms with E-state index >= 15 is 0 Å². The van der Waals surface area contributed by atoms with Crippen molar-refractivity contribution in [2.24, 2.45) is 0 Å². The second-order valence-corrected chi connectivity index (χ2v) is 4.79. The smallest absolute Gasteiger partial charge is 0.239 e. The number of aromatic nitrogens is 2. The number of rotatable bonds is 4. The molecule has 1 saturated carbocycles. The van der Waals surface area contributed by atoms with Gasteiger partial charge in [-0.15, -0.1) is 10.2 Å². The monoisotopic (exact) mass is 274 g/mol. The maximum atomic E-state index is 11.6. The largest absolute Gasteiger partial charge is 0.363 e. The molecule has 92 valence electrons. The lowest BCUT2D eigenvalue weighted by atomic mass is 10.4. The molecule has 1 heterocycles. The maximum Gasteiger partial charge on any atom is 0.239 e. The van der Waals surface area contributed by atoms with Crippen molar-refractivity contribution in [3.8, 4) is 0 Å². The summed E-state index contributed by atoms with van der Waals surface area (Å²) in [6.45, 7) is 0.220. The Balaban J connectivity index is 1.99. The highest BCUT2D eigenvalue weighted by Crippen LogP contribution is 2.24. The first-order chi connectivity index (χ1) is 8.06. The van der Waals surface area contributed by atoms with Crippen LogP contribution in [0.1, 0.15) is 12.8 Å². The predicted molar refractivity (Wildman–Crippen MR) is 66.5 cm³/mol. The number of amides is 1. The zero-order chi connectivity index (χ0) is 12.4. The van der Waals surface area contributed by atoms with Crippen molar-refractivity contribution in [1.29, 1.82) is 0 Å². The van der Waals surface area contributed by atoms with E-state index < -0.39 is 0 Å². The number of anilines is 1. The third-order valence-electron chi connectivity index (χ3n) is 2.43. The summed E-state index contributed by atoms with van der Waals surface area (Å²) >= 11 is 11.6. The van der Waals surface area contributed by atoms with Gasteiger partial charge >= 0.3 is 0 Å². The molecule has 1 N–H and O–H groups in total. The molecule has 0 radical (unpaired) electrons. The number of likely N-dealkylation sites (N-methyl/N-ethyl adjacent to an activating group) is 1. The number of nitrogens with zero attached hydrogens (tertiary/aromatic N) is 3. The number of nitrogens with one attached hydrogen (secondary N) is 1. The molecule has 1 aliphatic carbocycles. The van der Waals surface area contributed by atoms with Crippen LogP contribution in [0.5, 0.6) is 0 Å². The zero-order valence-electron chi connectivity index (χ0n) is 9.28. The SMILES string of the molecule is CN(CC(=O)NC1CC1)c1cc(Cl)nnc1Cl. The second-order valence-electron chi connectivity index (χ2n) is 4.04. The predicted octanol–water partition coefficient (Wildman–Crippen LogP) is 1.50. The molecule has 1 aromatic heterocycles. The number of hydrogen-bond acceptors (Lipinski definition) is 4. The summed E-state index contributed by atoms with van der Waals surface area (Å²) in [6.07, 6.45) is 2.14. The molecule has 2 rings (SSSR count). The van der Waals surface area contributed by atoms with E-state index in [9.17, 15) is 4.79 Å². The molecule has 0 aromatic carbocycles. The Morgan fingerprint density at radius 3 is 2.88 bits per heavy atom. The van der Waals surface area contributed by atoms with Crippen LogP contribution in [-0.2, 0) is 4.79 Å². The van der Waals surface area contributed by atoms with Crippen LogP contribution in [0.3, 0.4) is 0 Å². The fraction of sp³-hybridized carbons (Fsp3) is 0.500. The third-order valence-corrected chi connectivity index (χ3v) is 2.89. The lowest BCUT2D eigenvalue weighted by Gasteiger charge is -2.19. The molecule has 1 fully saturated rings. The highest BCUT2D eigenvalue weighted by atomic mass is 35.5. The van der Waals surface area contributed by atoms with E-state index in [1.54, 1.807) is 18.0 Å². The van der Waals surface area contributed by atoms with Crippen LogP contribution in [0.15, 0.2) is 6.07 Å². The Hall–Kier alpha value is -1.07. The van der Waals surface area contributed by atoms with E-state index in [1.807, 2.05) is 0 Å². The summed E-state index contributed by atoms with van der Waals surface area (Å²) in [7, 11) is 1.76. The van der Waals surface area contributed by atoms with Gasteiger partial charge in [0.2, 0.25) is 5.91 Å². The first kappa shape index (κ1) is 12.4. The minimum Gasteiger partial charge on any atom is -0.363 e. The van der Waals surface area contributed by atoms with Gasteiger partial charge in [-0.25, -0.2) is 0 Å². The van der Waals surface area contributed by atoms with Crippen LogP contribution < -0.4 is 10.2 Å². The van der Waals surface area contributed by atoms with Crippen molar-refractivity contribution in [1.82, 2.24) is 15.5 Å². The van der Waals surface area contributed by atoms with E-state index in [2.05, 4.69) is 15.5 Å². The van der Waals surface area contributed by atoms with Gasteiger partial charge in [-0.05, 0) is 12.8 Å². The fourth-order valence-corrected chi connectivity index (χ4v) is 1.79. The van der Waals surface area contributed by atoms with Crippen molar-refractivity contribution in [2.45, 2.75) is 18.9 Å². The molecule has 0 spiro atoms. The van der Waals surface area contributed by atoms with E-state index in [1.165, 1.54) is 0 Å². The summed E-state index contributed by atoms with van der Waals surface area (Å²) in [5, 5.41) is 10.7. The van der Waals surface area contributed by atoms with E-state index in [-0.39, 0.29) is 22.8 Å². The van der Waals surface area contributed by atoms with Crippen LogP contribution in [0.2, 0.25) is 10.3 Å². The molecule has 5 nitrogen and oxygen atoms in total. The lowest BCUT2D eigenvalue weighted by Crippen LogP contribution is -2.36. The normalized spacial score (nSPS) is 14.5. The van der Waals surface area contributed by atoms with Gasteiger partial charge in [0.05, 0.1) is 12.2 Å². The van der Waals surface area contributed by atoms with E-state index in [4.69, 9.17) is 23.2 Å². The minimum absolute atomic E-state index is 0.0287. The molecule has 0 saturated heterocycles. The van der Waals surface area contributed by atoms with Gasteiger partial charge in [0.25, 0.3) is 0 Å². The van der Waals surface area contributed by atoms with E-state index in [0.29, 0.717) is 11.7 Å². The first-order valence-corrected chi connectivity index (χ1v) is 6.01. The average Bonchev–Trinajstić information content (AvgIpc) is 3.05. The molecule has 0 bridgehead atoms. The Morgan fingerprint density at radius 1 is 1.53 bits per heavy atom. The standard InChI is InChI=1S/C10H12Cl2N4O/c1-16(5-9(17)13-6-2-3-6)7-4-8(11)14-15-10(7)12/h4,6H,2-3,5H2,1H3,(H,13,17). The molecule has 0 aliphatic heterocycles. The average molecular weight is 275 g/mol. The summed E-state index contributed by atoms with van der Waals surface area (Å²) in [6, 6.07) is 1.94. The second kappa shape index (κ2) is 5.06. The molecule has 0 atom stereocenters. The van der Waals surface area contributed by atoms with Gasteiger partial charge in [0, 0.05) is 19.2 Å². The third kappa shape index (κ3) is 3.44. The van der Waals surface area contributed by atoms with Crippen molar-refractivity contribution in [3.63, 3.8) is 0 Å². The first-order valence-electron chi connectivity index (χ1n) is 5.25. The van der Waals surface area contributed by atoms with Gasteiger partial charge in [0.15, 0.2) is 10.3 Å². The Labute approximate surface area is 109 Å². The molecule has 0 unspecified atom stereocenters. The Morgan fingerprint density at radius 2 is 2.24 bits per heavy atom. The van der Waals surface area contributed by atoms with Gasteiger partial charge in [-0.2, -0.15) is 0 Å². The van der Waals surface area contributed by atoms with Gasteiger partial charge in [-0.1, -0.05) is 23.2 Å². The quantitative estimate of drug-likeness (QED) is 0.904. The van der Waals surface area contributed by atoms with Crippen molar-refractivity contribution in [2.75, 3.05) is 18.5 Å². The van der Waals surface area contributed by atoms with Crippen LogP contribution >= 0.6 is 23.2 Å².